The summed E-state index contributed by atoms with van der Waals surface area (Å²) in [5, 5.41) is 11.8. The summed E-state index contributed by atoms with van der Waals surface area (Å²) in [6.45, 7) is 6.49. The van der Waals surface area contributed by atoms with Crippen LogP contribution in [0.3, 0.4) is 0 Å². The smallest absolute Gasteiger partial charge is 0.405 e. The first kappa shape index (κ1) is 17.1. The zero-order valence-corrected chi connectivity index (χ0v) is 14.9. The standard InChI is InChI=1S/C20H23NO4/c1-12-9-14(24-4)6-8-15(12)13-5-7-16-17(10-13)25-11-20(2,3)18(16)21-19(22)23/h5-10,18,21H,11H2,1-4H3,(H,22,23). The van der Waals surface area contributed by atoms with Gasteiger partial charge in [0, 0.05) is 11.0 Å². The van der Waals surface area contributed by atoms with Gasteiger partial charge in [-0.15, -0.1) is 0 Å². The molecule has 5 nitrogen and oxygen atoms in total. The highest BCUT2D eigenvalue weighted by Gasteiger charge is 2.38. The lowest BCUT2D eigenvalue weighted by Crippen LogP contribution is -2.43. The summed E-state index contributed by atoms with van der Waals surface area (Å²) in [7, 11) is 1.65. The van der Waals surface area contributed by atoms with E-state index >= 15 is 0 Å². The number of carboxylic acid groups (broad SMARTS) is 1. The third-order valence-electron chi connectivity index (χ3n) is 4.72. The number of aryl methyl sites for hydroxylation is 1. The van der Waals surface area contributed by atoms with Gasteiger partial charge in [-0.3, -0.25) is 0 Å². The Morgan fingerprint density at radius 3 is 2.68 bits per heavy atom. The maximum atomic E-state index is 11.2. The van der Waals surface area contributed by atoms with Gasteiger partial charge in [-0.1, -0.05) is 32.0 Å². The molecular formula is C20H23NO4. The van der Waals surface area contributed by atoms with Crippen molar-refractivity contribution in [1.82, 2.24) is 5.32 Å². The van der Waals surface area contributed by atoms with Crippen LogP contribution in [0.2, 0.25) is 0 Å². The second kappa shape index (κ2) is 6.31. The van der Waals surface area contributed by atoms with E-state index < -0.39 is 6.09 Å². The molecule has 0 fully saturated rings. The summed E-state index contributed by atoms with van der Waals surface area (Å²) >= 11 is 0. The van der Waals surface area contributed by atoms with E-state index in [0.29, 0.717) is 6.61 Å². The lowest BCUT2D eigenvalue weighted by Gasteiger charge is -2.39. The minimum Gasteiger partial charge on any atom is -0.497 e. The zero-order chi connectivity index (χ0) is 18.2. The highest BCUT2D eigenvalue weighted by molar-refractivity contribution is 5.71. The topological polar surface area (TPSA) is 67.8 Å². The van der Waals surface area contributed by atoms with Crippen molar-refractivity contribution in [2.45, 2.75) is 26.8 Å². The molecule has 1 atom stereocenters. The van der Waals surface area contributed by atoms with Crippen LogP contribution in [0, 0.1) is 12.3 Å². The molecule has 2 N–H and O–H groups in total. The van der Waals surface area contributed by atoms with Crippen molar-refractivity contribution in [3.05, 3.63) is 47.5 Å². The number of benzene rings is 2. The number of carbonyl (C=O) groups is 1. The SMILES string of the molecule is COc1ccc(-c2ccc3c(c2)OCC(C)(C)C3NC(=O)O)c(C)c1. The number of nitrogens with one attached hydrogen (secondary N) is 1. The van der Waals surface area contributed by atoms with Gasteiger partial charge in [0.25, 0.3) is 0 Å². The van der Waals surface area contributed by atoms with Crippen molar-refractivity contribution in [3.8, 4) is 22.6 Å². The average Bonchev–Trinajstić information content (AvgIpc) is 2.57. The summed E-state index contributed by atoms with van der Waals surface area (Å²) < 4.78 is 11.2. The molecule has 0 aliphatic carbocycles. The number of fused-ring (bicyclic) bond motifs is 1. The molecule has 0 bridgehead atoms. The van der Waals surface area contributed by atoms with Gasteiger partial charge in [0.2, 0.25) is 0 Å². The zero-order valence-electron chi connectivity index (χ0n) is 14.9. The van der Waals surface area contributed by atoms with Crippen LogP contribution >= 0.6 is 0 Å². The molecule has 0 saturated carbocycles. The molecule has 3 rings (SSSR count). The first-order valence-electron chi connectivity index (χ1n) is 8.23. The Morgan fingerprint density at radius 1 is 1.28 bits per heavy atom. The lowest BCUT2D eigenvalue weighted by molar-refractivity contribution is 0.0996. The number of ether oxygens (including phenoxy) is 2. The van der Waals surface area contributed by atoms with Gasteiger partial charge in [0.15, 0.2) is 0 Å². The van der Waals surface area contributed by atoms with Gasteiger partial charge in [0.05, 0.1) is 19.8 Å². The van der Waals surface area contributed by atoms with Crippen LogP contribution in [-0.2, 0) is 0 Å². The Kier molecular flexibility index (Phi) is 4.33. The average molecular weight is 341 g/mol. The van der Waals surface area contributed by atoms with Gasteiger partial charge in [-0.2, -0.15) is 0 Å². The molecule has 1 unspecified atom stereocenters. The molecule has 5 heteroatoms. The lowest BCUT2D eigenvalue weighted by atomic mass is 9.78. The Labute approximate surface area is 147 Å². The quantitative estimate of drug-likeness (QED) is 0.868. The van der Waals surface area contributed by atoms with E-state index in [2.05, 4.69) is 5.32 Å². The van der Waals surface area contributed by atoms with E-state index in [1.807, 2.05) is 57.2 Å². The molecule has 2 aromatic carbocycles. The van der Waals surface area contributed by atoms with E-state index in [4.69, 9.17) is 9.47 Å². The fraction of sp³-hybridized carbons (Fsp3) is 0.350. The number of amides is 1. The minimum absolute atomic E-state index is 0.306. The summed E-state index contributed by atoms with van der Waals surface area (Å²) in [5.41, 5.74) is 3.79. The molecule has 1 aliphatic rings. The van der Waals surface area contributed by atoms with Crippen LogP contribution < -0.4 is 14.8 Å². The Balaban J connectivity index is 2.02. The maximum Gasteiger partial charge on any atom is 0.405 e. The summed E-state index contributed by atoms with van der Waals surface area (Å²) in [5.74, 6) is 1.55. The van der Waals surface area contributed by atoms with Crippen LogP contribution in [0.5, 0.6) is 11.5 Å². The number of methoxy groups -OCH3 is 1. The number of hydrogen-bond donors (Lipinski definition) is 2. The van der Waals surface area contributed by atoms with Crippen molar-refractivity contribution in [2.24, 2.45) is 5.41 Å². The molecule has 0 radical (unpaired) electrons. The molecule has 1 aliphatic heterocycles. The van der Waals surface area contributed by atoms with Gasteiger partial charge >= 0.3 is 6.09 Å². The third-order valence-corrected chi connectivity index (χ3v) is 4.72. The second-order valence-corrected chi connectivity index (χ2v) is 7.09. The molecule has 1 amide bonds. The van der Waals surface area contributed by atoms with Crippen LogP contribution in [0.15, 0.2) is 36.4 Å². The van der Waals surface area contributed by atoms with Crippen LogP contribution in [0.1, 0.15) is 31.0 Å². The molecule has 25 heavy (non-hydrogen) atoms. The van der Waals surface area contributed by atoms with Gasteiger partial charge in [-0.25, -0.2) is 4.79 Å². The van der Waals surface area contributed by atoms with Gasteiger partial charge in [0.1, 0.15) is 11.5 Å². The third kappa shape index (κ3) is 3.27. The molecule has 0 aromatic heterocycles. The minimum atomic E-state index is -1.03. The molecule has 132 valence electrons. The first-order chi connectivity index (χ1) is 11.8. The molecular weight excluding hydrogens is 318 g/mol. The van der Waals surface area contributed by atoms with Crippen molar-refractivity contribution >= 4 is 6.09 Å². The first-order valence-corrected chi connectivity index (χ1v) is 8.23. The summed E-state index contributed by atoms with van der Waals surface area (Å²) in [6, 6.07) is 11.6. The highest BCUT2D eigenvalue weighted by atomic mass is 16.5. The Morgan fingerprint density at radius 2 is 2.04 bits per heavy atom. The van der Waals surface area contributed by atoms with Crippen molar-refractivity contribution in [1.29, 1.82) is 0 Å². The largest absolute Gasteiger partial charge is 0.497 e. The van der Waals surface area contributed by atoms with E-state index in [1.54, 1.807) is 7.11 Å². The maximum absolute atomic E-state index is 11.2. The predicted octanol–water partition coefficient (Wildman–Crippen LogP) is 4.40. The fourth-order valence-electron chi connectivity index (χ4n) is 3.32. The molecule has 0 saturated heterocycles. The van der Waals surface area contributed by atoms with E-state index in [1.165, 1.54) is 0 Å². The van der Waals surface area contributed by atoms with Crippen LogP contribution in [0.25, 0.3) is 11.1 Å². The molecule has 0 spiro atoms. The van der Waals surface area contributed by atoms with Crippen molar-refractivity contribution in [2.75, 3.05) is 13.7 Å². The van der Waals surface area contributed by atoms with Gasteiger partial charge < -0.3 is 19.9 Å². The predicted molar refractivity (Wildman–Crippen MR) is 96.3 cm³/mol. The number of hydrogen-bond acceptors (Lipinski definition) is 3. The van der Waals surface area contributed by atoms with Crippen LogP contribution in [-0.4, -0.2) is 24.9 Å². The molecule has 2 aromatic rings. The van der Waals surface area contributed by atoms with E-state index in [9.17, 15) is 9.90 Å². The fourth-order valence-corrected chi connectivity index (χ4v) is 3.32. The normalized spacial score (nSPS) is 18.0. The number of rotatable bonds is 3. The summed E-state index contributed by atoms with van der Waals surface area (Å²) in [6.07, 6.45) is -1.03. The monoisotopic (exact) mass is 341 g/mol. The van der Waals surface area contributed by atoms with E-state index in [-0.39, 0.29) is 11.5 Å². The molecule has 1 heterocycles. The Hall–Kier alpha value is -2.69. The Bertz CT molecular complexity index is 813. The van der Waals surface area contributed by atoms with Crippen molar-refractivity contribution < 1.29 is 19.4 Å². The second-order valence-electron chi connectivity index (χ2n) is 7.09. The van der Waals surface area contributed by atoms with Crippen molar-refractivity contribution in [3.63, 3.8) is 0 Å². The highest BCUT2D eigenvalue weighted by Crippen LogP contribution is 2.44. The van der Waals surface area contributed by atoms with E-state index in [0.717, 1.165) is 33.8 Å². The summed E-state index contributed by atoms with van der Waals surface area (Å²) in [4.78, 5) is 11.2. The van der Waals surface area contributed by atoms with Gasteiger partial charge in [-0.05, 0) is 41.8 Å². The van der Waals surface area contributed by atoms with Crippen LogP contribution in [0.4, 0.5) is 4.79 Å².